The largest absolute Gasteiger partial charge is 0.483 e. The van der Waals surface area contributed by atoms with E-state index in [1.54, 1.807) is 21.3 Å². The molecule has 0 aromatic carbocycles. The standard InChI is InChI=1S/C3H10O3Si.Na/c1-4-7(5-2)6-3;/h7H,1-3H3;. The number of hydrogen-bond acceptors (Lipinski definition) is 3. The summed E-state index contributed by atoms with van der Waals surface area (Å²) in [4.78, 5) is 0. The van der Waals surface area contributed by atoms with E-state index in [0.29, 0.717) is 0 Å². The zero-order chi connectivity index (χ0) is 5.70. The minimum atomic E-state index is -1.67. The van der Waals surface area contributed by atoms with Crippen LogP contribution in [0.3, 0.4) is 0 Å². The molecule has 0 atom stereocenters. The van der Waals surface area contributed by atoms with Crippen molar-refractivity contribution in [3.8, 4) is 0 Å². The summed E-state index contributed by atoms with van der Waals surface area (Å²) in [7, 11) is 3.05. The molecule has 5 heteroatoms. The van der Waals surface area contributed by atoms with Crippen molar-refractivity contribution in [3.05, 3.63) is 0 Å². The van der Waals surface area contributed by atoms with E-state index in [4.69, 9.17) is 13.3 Å². The van der Waals surface area contributed by atoms with E-state index >= 15 is 0 Å². The Morgan fingerprint density at radius 1 is 0.875 bits per heavy atom. The van der Waals surface area contributed by atoms with Crippen molar-refractivity contribution in [1.29, 1.82) is 0 Å². The van der Waals surface area contributed by atoms with Gasteiger partial charge in [0.05, 0.1) is 0 Å². The maximum Gasteiger partial charge on any atom is 0.483 e. The number of hydrogen-bond donors (Lipinski definition) is 0. The van der Waals surface area contributed by atoms with Gasteiger partial charge in [0.15, 0.2) is 0 Å². The topological polar surface area (TPSA) is 27.7 Å². The molecule has 0 unspecified atom stereocenters. The van der Waals surface area contributed by atoms with Gasteiger partial charge >= 0.3 is 9.53 Å². The first kappa shape index (κ1) is 11.8. The molecule has 8 heavy (non-hydrogen) atoms. The van der Waals surface area contributed by atoms with Crippen molar-refractivity contribution in [2.75, 3.05) is 21.3 Å². The predicted molar refractivity (Wildman–Crippen MR) is 33.9 cm³/mol. The normalized spacial score (nSPS) is 9.00. The van der Waals surface area contributed by atoms with Gasteiger partial charge in [0.25, 0.3) is 0 Å². The van der Waals surface area contributed by atoms with Crippen LogP contribution in [-0.2, 0) is 13.3 Å². The van der Waals surface area contributed by atoms with Gasteiger partial charge in [-0.05, 0) is 0 Å². The summed E-state index contributed by atoms with van der Waals surface area (Å²) in [6, 6.07) is 0. The van der Waals surface area contributed by atoms with E-state index in [-0.39, 0.29) is 29.6 Å². The summed E-state index contributed by atoms with van der Waals surface area (Å²) in [5.41, 5.74) is 0. The Labute approximate surface area is 73.6 Å². The van der Waals surface area contributed by atoms with Crippen LogP contribution >= 0.6 is 0 Å². The maximum atomic E-state index is 4.74. The Morgan fingerprint density at radius 2 is 1.12 bits per heavy atom. The summed E-state index contributed by atoms with van der Waals surface area (Å²) in [6.07, 6.45) is 0. The fourth-order valence-electron chi connectivity index (χ4n) is 0.289. The second-order valence-corrected chi connectivity index (χ2v) is 2.99. The summed E-state index contributed by atoms with van der Waals surface area (Å²) in [6.45, 7) is 0. The molecule has 0 saturated heterocycles. The first-order valence-corrected chi connectivity index (χ1v) is 3.35. The van der Waals surface area contributed by atoms with Crippen LogP contribution in [-0.4, -0.2) is 60.4 Å². The molecular formula is C3H10NaO3Si. The van der Waals surface area contributed by atoms with E-state index in [0.717, 1.165) is 0 Å². The minimum absolute atomic E-state index is 0. The van der Waals surface area contributed by atoms with Crippen molar-refractivity contribution in [3.63, 3.8) is 0 Å². The molecule has 0 aromatic rings. The molecule has 0 spiro atoms. The van der Waals surface area contributed by atoms with Crippen LogP contribution in [0, 0.1) is 0 Å². The van der Waals surface area contributed by atoms with Crippen molar-refractivity contribution >= 4 is 39.1 Å². The van der Waals surface area contributed by atoms with Crippen molar-refractivity contribution < 1.29 is 13.3 Å². The summed E-state index contributed by atoms with van der Waals surface area (Å²) in [5.74, 6) is 0. The molecule has 0 aliphatic rings. The van der Waals surface area contributed by atoms with Crippen LogP contribution in [0.25, 0.3) is 0 Å². The van der Waals surface area contributed by atoms with Crippen LogP contribution in [0.4, 0.5) is 0 Å². The molecule has 0 N–H and O–H groups in total. The van der Waals surface area contributed by atoms with E-state index < -0.39 is 9.53 Å². The molecule has 45 valence electrons. The Balaban J connectivity index is 0. The van der Waals surface area contributed by atoms with Gasteiger partial charge in [0.1, 0.15) is 0 Å². The van der Waals surface area contributed by atoms with Gasteiger partial charge in [-0.2, -0.15) is 0 Å². The van der Waals surface area contributed by atoms with Crippen LogP contribution < -0.4 is 0 Å². The molecule has 1 radical (unpaired) electrons. The van der Waals surface area contributed by atoms with Gasteiger partial charge in [-0.1, -0.05) is 0 Å². The van der Waals surface area contributed by atoms with Crippen molar-refractivity contribution in [2.24, 2.45) is 0 Å². The van der Waals surface area contributed by atoms with Crippen molar-refractivity contribution in [1.82, 2.24) is 0 Å². The van der Waals surface area contributed by atoms with Gasteiger partial charge in [-0.15, -0.1) is 0 Å². The van der Waals surface area contributed by atoms with Gasteiger partial charge < -0.3 is 13.3 Å². The molecule has 0 aromatic heterocycles. The second-order valence-electron chi connectivity index (χ2n) is 0.996. The average molecular weight is 145 g/mol. The van der Waals surface area contributed by atoms with Crippen LogP contribution in [0.2, 0.25) is 0 Å². The molecule has 0 fully saturated rings. The Bertz CT molecular complexity index is 36.0. The molecule has 0 bridgehead atoms. The molecule has 0 aliphatic heterocycles. The molecule has 0 amide bonds. The fourth-order valence-corrected chi connectivity index (χ4v) is 0.866. The van der Waals surface area contributed by atoms with E-state index in [1.165, 1.54) is 0 Å². The quantitative estimate of drug-likeness (QED) is 0.490. The molecule has 0 saturated carbocycles. The smallest absolute Gasteiger partial charge is 0.379 e. The monoisotopic (exact) mass is 145 g/mol. The number of rotatable bonds is 3. The molecule has 0 heterocycles. The Kier molecular flexibility index (Phi) is 12.0. The van der Waals surface area contributed by atoms with Gasteiger partial charge in [0, 0.05) is 50.9 Å². The van der Waals surface area contributed by atoms with Gasteiger partial charge in [0.2, 0.25) is 0 Å². The van der Waals surface area contributed by atoms with Crippen molar-refractivity contribution in [2.45, 2.75) is 0 Å². The fraction of sp³-hybridized carbons (Fsp3) is 1.00. The SMILES string of the molecule is CO[SiH](OC)OC.[Na]. The summed E-state index contributed by atoms with van der Waals surface area (Å²) >= 11 is 0. The van der Waals surface area contributed by atoms with E-state index in [2.05, 4.69) is 0 Å². The zero-order valence-electron chi connectivity index (χ0n) is 5.80. The van der Waals surface area contributed by atoms with E-state index in [1.807, 2.05) is 0 Å². The molecule has 3 nitrogen and oxygen atoms in total. The first-order valence-electron chi connectivity index (χ1n) is 1.93. The van der Waals surface area contributed by atoms with Gasteiger partial charge in [-0.25, -0.2) is 0 Å². The zero-order valence-corrected chi connectivity index (χ0v) is 8.96. The molecular weight excluding hydrogens is 135 g/mol. The first-order chi connectivity index (χ1) is 3.35. The summed E-state index contributed by atoms with van der Waals surface area (Å²) < 4.78 is 14.2. The predicted octanol–water partition coefficient (Wildman–Crippen LogP) is -0.738. The molecule has 0 aliphatic carbocycles. The molecule has 0 rings (SSSR count). The van der Waals surface area contributed by atoms with Crippen LogP contribution in [0.5, 0.6) is 0 Å². The van der Waals surface area contributed by atoms with Crippen LogP contribution in [0.15, 0.2) is 0 Å². The third kappa shape index (κ3) is 5.24. The van der Waals surface area contributed by atoms with Gasteiger partial charge in [-0.3, -0.25) is 0 Å². The summed E-state index contributed by atoms with van der Waals surface area (Å²) in [5, 5.41) is 0. The Hall–Kier alpha value is 1.10. The van der Waals surface area contributed by atoms with E-state index in [9.17, 15) is 0 Å². The van der Waals surface area contributed by atoms with Crippen LogP contribution in [0.1, 0.15) is 0 Å². The Morgan fingerprint density at radius 3 is 1.12 bits per heavy atom. The average Bonchev–Trinajstić information content (AvgIpc) is 1.72. The second kappa shape index (κ2) is 8.10. The third-order valence-electron chi connectivity index (χ3n) is 0.577. The minimum Gasteiger partial charge on any atom is -0.379 e. The third-order valence-corrected chi connectivity index (χ3v) is 1.73. The maximum absolute atomic E-state index is 4.74.